The summed E-state index contributed by atoms with van der Waals surface area (Å²) in [6.07, 6.45) is 9.09. The number of allylic oxidation sites excluding steroid dienone is 2. The average molecular weight is 417 g/mol. The number of rotatable bonds is 5. The highest BCUT2D eigenvalue weighted by molar-refractivity contribution is 5.61. The lowest BCUT2D eigenvalue weighted by Gasteiger charge is -2.34. The van der Waals surface area contributed by atoms with E-state index in [1.165, 1.54) is 11.4 Å². The van der Waals surface area contributed by atoms with E-state index in [2.05, 4.69) is 41.2 Å². The summed E-state index contributed by atoms with van der Waals surface area (Å²) in [5, 5.41) is 3.63. The van der Waals surface area contributed by atoms with Crippen LogP contribution in [-0.4, -0.2) is 39.7 Å². The topological polar surface area (TPSA) is 49.7 Å². The summed E-state index contributed by atoms with van der Waals surface area (Å²) >= 11 is 0. The molecule has 5 rings (SSSR count). The standard InChI is InChI=1S/C25H28N4O2/c1-18(2)27-11-10-22-23(16-27)29-12-8-20(14-24(29)26-22)28-13-9-21(15-25(28)30)31-17-19-6-4-3-5-7-19/h3-9,12-15,18,24,26H,10-11,16-17H2,1-2H3. The van der Waals surface area contributed by atoms with E-state index in [1.807, 2.05) is 42.5 Å². The molecule has 3 aliphatic rings. The average Bonchev–Trinajstić information content (AvgIpc) is 3.15. The highest BCUT2D eigenvalue weighted by Gasteiger charge is 2.34. The van der Waals surface area contributed by atoms with Crippen molar-refractivity contribution in [1.29, 1.82) is 0 Å². The fourth-order valence-corrected chi connectivity index (χ4v) is 4.36. The Hall–Kier alpha value is -3.25. The summed E-state index contributed by atoms with van der Waals surface area (Å²) in [6, 6.07) is 13.9. The summed E-state index contributed by atoms with van der Waals surface area (Å²) < 4.78 is 7.46. The van der Waals surface area contributed by atoms with Crippen LogP contribution in [0.15, 0.2) is 83.2 Å². The second-order valence-corrected chi connectivity index (χ2v) is 8.49. The number of hydrogen-bond donors (Lipinski definition) is 1. The van der Waals surface area contributed by atoms with E-state index in [0.29, 0.717) is 18.4 Å². The largest absolute Gasteiger partial charge is 0.489 e. The van der Waals surface area contributed by atoms with Crippen molar-refractivity contribution in [2.75, 3.05) is 13.1 Å². The first kappa shape index (κ1) is 19.7. The quantitative estimate of drug-likeness (QED) is 0.810. The Bertz CT molecular complexity index is 1110. The molecule has 3 aliphatic heterocycles. The summed E-state index contributed by atoms with van der Waals surface area (Å²) in [5.41, 5.74) is 4.50. The number of nitrogens with one attached hydrogen (secondary N) is 1. The Morgan fingerprint density at radius 1 is 1.19 bits per heavy atom. The molecule has 1 aromatic carbocycles. The Balaban J connectivity index is 1.30. The van der Waals surface area contributed by atoms with E-state index in [9.17, 15) is 4.79 Å². The van der Waals surface area contributed by atoms with Gasteiger partial charge in [-0.15, -0.1) is 0 Å². The molecule has 0 spiro atoms. The van der Waals surface area contributed by atoms with Crippen molar-refractivity contribution in [2.24, 2.45) is 0 Å². The first-order chi connectivity index (χ1) is 15.1. The van der Waals surface area contributed by atoms with Crippen LogP contribution in [0.5, 0.6) is 5.75 Å². The molecule has 0 saturated carbocycles. The van der Waals surface area contributed by atoms with Crippen molar-refractivity contribution in [3.05, 3.63) is 94.3 Å². The zero-order valence-corrected chi connectivity index (χ0v) is 18.0. The van der Waals surface area contributed by atoms with Gasteiger partial charge in [-0.25, -0.2) is 0 Å². The van der Waals surface area contributed by atoms with Crippen LogP contribution in [-0.2, 0) is 6.61 Å². The van der Waals surface area contributed by atoms with E-state index in [1.54, 1.807) is 16.8 Å². The molecule has 1 atom stereocenters. The number of nitrogens with zero attached hydrogens (tertiary/aromatic N) is 3. The van der Waals surface area contributed by atoms with Gasteiger partial charge in [0.15, 0.2) is 0 Å². The van der Waals surface area contributed by atoms with Gasteiger partial charge in [0.2, 0.25) is 0 Å². The Labute approximate surface area is 182 Å². The van der Waals surface area contributed by atoms with Crippen LogP contribution in [0, 0.1) is 0 Å². The molecule has 6 nitrogen and oxygen atoms in total. The van der Waals surface area contributed by atoms with Crippen molar-refractivity contribution in [3.63, 3.8) is 0 Å². The molecule has 0 fully saturated rings. The van der Waals surface area contributed by atoms with Gasteiger partial charge in [-0.1, -0.05) is 30.3 Å². The van der Waals surface area contributed by atoms with E-state index in [-0.39, 0.29) is 11.7 Å². The molecule has 0 bridgehead atoms. The maximum Gasteiger partial charge on any atom is 0.258 e. The zero-order chi connectivity index (χ0) is 21.4. The lowest BCUT2D eigenvalue weighted by molar-refractivity contribution is 0.216. The molecule has 160 valence electrons. The van der Waals surface area contributed by atoms with Crippen LogP contribution in [0.4, 0.5) is 0 Å². The molecule has 1 N–H and O–H groups in total. The van der Waals surface area contributed by atoms with Gasteiger partial charge in [0.25, 0.3) is 5.56 Å². The number of fused-ring (bicyclic) bond motifs is 2. The Kier molecular flexibility index (Phi) is 5.16. The van der Waals surface area contributed by atoms with Crippen LogP contribution < -0.4 is 15.6 Å². The summed E-state index contributed by atoms with van der Waals surface area (Å²) in [6.45, 7) is 6.97. The van der Waals surface area contributed by atoms with Crippen LogP contribution in [0.2, 0.25) is 0 Å². The minimum absolute atomic E-state index is 0.0537. The SMILES string of the molecule is CC(C)N1CCC2=C(C1)N1C=CC(n3ccc(OCc4ccccc4)cc3=O)=CC1N2. The third-order valence-corrected chi connectivity index (χ3v) is 6.17. The summed E-state index contributed by atoms with van der Waals surface area (Å²) in [7, 11) is 0. The second-order valence-electron chi connectivity index (χ2n) is 8.49. The Morgan fingerprint density at radius 2 is 2.03 bits per heavy atom. The molecule has 1 unspecified atom stereocenters. The van der Waals surface area contributed by atoms with Crippen molar-refractivity contribution in [3.8, 4) is 5.75 Å². The maximum atomic E-state index is 12.8. The molecule has 0 amide bonds. The molecular formula is C25H28N4O2. The predicted molar refractivity (Wildman–Crippen MR) is 122 cm³/mol. The minimum Gasteiger partial charge on any atom is -0.489 e. The highest BCUT2D eigenvalue weighted by atomic mass is 16.5. The van der Waals surface area contributed by atoms with Crippen LogP contribution >= 0.6 is 0 Å². The minimum atomic E-state index is -0.100. The van der Waals surface area contributed by atoms with Crippen LogP contribution in [0.3, 0.4) is 0 Å². The lowest BCUT2D eigenvalue weighted by atomic mass is 10.1. The van der Waals surface area contributed by atoms with Crippen molar-refractivity contribution >= 4 is 5.70 Å². The van der Waals surface area contributed by atoms with Gasteiger partial charge in [-0.05, 0) is 37.6 Å². The summed E-state index contributed by atoms with van der Waals surface area (Å²) in [5.74, 6) is 0.581. The molecule has 6 heteroatoms. The molecule has 0 saturated heterocycles. The number of aromatic nitrogens is 1. The molecule has 31 heavy (non-hydrogen) atoms. The van der Waals surface area contributed by atoms with Crippen LogP contribution in [0.1, 0.15) is 25.8 Å². The first-order valence-corrected chi connectivity index (χ1v) is 10.9. The maximum absolute atomic E-state index is 12.8. The number of pyridine rings is 1. The van der Waals surface area contributed by atoms with Gasteiger partial charge in [-0.3, -0.25) is 14.3 Å². The molecule has 1 aromatic heterocycles. The van der Waals surface area contributed by atoms with E-state index in [4.69, 9.17) is 4.74 Å². The third-order valence-electron chi connectivity index (χ3n) is 6.17. The van der Waals surface area contributed by atoms with Gasteiger partial charge < -0.3 is 15.0 Å². The molecule has 4 heterocycles. The normalized spacial score (nSPS) is 20.4. The monoisotopic (exact) mass is 416 g/mol. The van der Waals surface area contributed by atoms with Gasteiger partial charge in [-0.2, -0.15) is 0 Å². The van der Waals surface area contributed by atoms with Gasteiger partial charge in [0.1, 0.15) is 18.5 Å². The van der Waals surface area contributed by atoms with Crippen molar-refractivity contribution < 1.29 is 4.74 Å². The van der Waals surface area contributed by atoms with Gasteiger partial charge in [0, 0.05) is 55.4 Å². The van der Waals surface area contributed by atoms with Crippen LogP contribution in [0.25, 0.3) is 5.70 Å². The zero-order valence-electron chi connectivity index (χ0n) is 18.0. The fraction of sp³-hybridized carbons (Fsp3) is 0.320. The predicted octanol–water partition coefficient (Wildman–Crippen LogP) is 3.35. The number of benzene rings is 1. The molecule has 2 aromatic rings. The second kappa shape index (κ2) is 8.12. The summed E-state index contributed by atoms with van der Waals surface area (Å²) in [4.78, 5) is 17.6. The number of hydrogen-bond acceptors (Lipinski definition) is 5. The van der Waals surface area contributed by atoms with E-state index < -0.39 is 0 Å². The number of ether oxygens (including phenoxy) is 1. The molecule has 0 aliphatic carbocycles. The van der Waals surface area contributed by atoms with Gasteiger partial charge >= 0.3 is 0 Å². The smallest absolute Gasteiger partial charge is 0.258 e. The first-order valence-electron chi connectivity index (χ1n) is 10.9. The third kappa shape index (κ3) is 3.91. The Morgan fingerprint density at radius 3 is 2.81 bits per heavy atom. The molecule has 0 radical (unpaired) electrons. The van der Waals surface area contributed by atoms with Crippen molar-refractivity contribution in [2.45, 2.75) is 39.1 Å². The highest BCUT2D eigenvalue weighted by Crippen LogP contribution is 2.32. The van der Waals surface area contributed by atoms with E-state index in [0.717, 1.165) is 30.8 Å². The fourth-order valence-electron chi connectivity index (χ4n) is 4.36. The lowest BCUT2D eigenvalue weighted by Crippen LogP contribution is -2.39. The molecular weight excluding hydrogens is 388 g/mol. The van der Waals surface area contributed by atoms with E-state index >= 15 is 0 Å². The van der Waals surface area contributed by atoms with Crippen molar-refractivity contribution in [1.82, 2.24) is 19.7 Å². The van der Waals surface area contributed by atoms with Gasteiger partial charge in [0.05, 0.1) is 5.70 Å².